The van der Waals surface area contributed by atoms with E-state index >= 15 is 0 Å². The predicted molar refractivity (Wildman–Crippen MR) is 64.1 cm³/mol. The van der Waals surface area contributed by atoms with E-state index in [2.05, 4.69) is 5.32 Å². The predicted octanol–water partition coefficient (Wildman–Crippen LogP) is 1.30. The summed E-state index contributed by atoms with van der Waals surface area (Å²) in [5.74, 6) is -1.15. The first-order valence-corrected chi connectivity index (χ1v) is 5.34. The number of hydrogen-bond donors (Lipinski definition) is 3. The Kier molecular flexibility index (Phi) is 4.07. The molecule has 0 aliphatic rings. The standard InChI is InChI=1S/C12H17FN2O2/c1-12(2,5-6-16)15-11(17)9-7-8(14)3-4-10(9)13/h3-4,7,16H,5-6,14H2,1-2H3,(H,15,17). The Labute approximate surface area is 99.6 Å². The number of amides is 1. The van der Waals surface area contributed by atoms with E-state index in [-0.39, 0.29) is 12.2 Å². The maximum absolute atomic E-state index is 13.4. The van der Waals surface area contributed by atoms with Crippen LogP contribution in [0, 0.1) is 5.82 Å². The van der Waals surface area contributed by atoms with Crippen LogP contribution in [0.5, 0.6) is 0 Å². The van der Waals surface area contributed by atoms with Gasteiger partial charge in [-0.3, -0.25) is 4.79 Å². The lowest BCUT2D eigenvalue weighted by Gasteiger charge is -2.25. The second-order valence-electron chi connectivity index (χ2n) is 4.55. The summed E-state index contributed by atoms with van der Waals surface area (Å²) in [6.07, 6.45) is 0.392. The lowest BCUT2D eigenvalue weighted by atomic mass is 10.0. The van der Waals surface area contributed by atoms with Gasteiger partial charge in [0.1, 0.15) is 5.82 Å². The van der Waals surface area contributed by atoms with Crippen molar-refractivity contribution in [3.63, 3.8) is 0 Å². The summed E-state index contributed by atoms with van der Waals surface area (Å²) in [6, 6.07) is 3.84. The molecule has 4 nitrogen and oxygen atoms in total. The summed E-state index contributed by atoms with van der Waals surface area (Å²) in [7, 11) is 0. The molecule has 5 heteroatoms. The topological polar surface area (TPSA) is 75.3 Å². The first-order chi connectivity index (χ1) is 7.85. The van der Waals surface area contributed by atoms with Gasteiger partial charge >= 0.3 is 0 Å². The van der Waals surface area contributed by atoms with Crippen LogP contribution in [0.2, 0.25) is 0 Å². The molecule has 0 unspecified atom stereocenters. The molecule has 94 valence electrons. The quantitative estimate of drug-likeness (QED) is 0.694. The van der Waals surface area contributed by atoms with Crippen LogP contribution in [0.1, 0.15) is 30.6 Å². The molecule has 0 atom stereocenters. The molecule has 0 spiro atoms. The number of benzene rings is 1. The molecule has 1 aromatic rings. The highest BCUT2D eigenvalue weighted by Crippen LogP contribution is 2.14. The third-order valence-electron chi connectivity index (χ3n) is 2.42. The van der Waals surface area contributed by atoms with E-state index in [1.165, 1.54) is 12.1 Å². The van der Waals surface area contributed by atoms with Gasteiger partial charge in [0.05, 0.1) is 5.56 Å². The smallest absolute Gasteiger partial charge is 0.254 e. The maximum atomic E-state index is 13.4. The summed E-state index contributed by atoms with van der Waals surface area (Å²) in [5, 5.41) is 11.5. The van der Waals surface area contributed by atoms with E-state index in [1.54, 1.807) is 13.8 Å². The fourth-order valence-corrected chi connectivity index (χ4v) is 1.43. The molecule has 1 rings (SSSR count). The zero-order valence-corrected chi connectivity index (χ0v) is 9.96. The fourth-order valence-electron chi connectivity index (χ4n) is 1.43. The van der Waals surface area contributed by atoms with Crippen molar-refractivity contribution in [1.29, 1.82) is 0 Å². The van der Waals surface area contributed by atoms with Gasteiger partial charge in [0.25, 0.3) is 5.91 Å². The summed E-state index contributed by atoms with van der Waals surface area (Å²) < 4.78 is 13.4. The van der Waals surface area contributed by atoms with Gasteiger partial charge in [-0.05, 0) is 38.5 Å². The Morgan fingerprint density at radius 2 is 2.18 bits per heavy atom. The first-order valence-electron chi connectivity index (χ1n) is 5.34. The van der Waals surface area contributed by atoms with E-state index < -0.39 is 17.3 Å². The Balaban J connectivity index is 2.86. The van der Waals surface area contributed by atoms with Gasteiger partial charge in [-0.15, -0.1) is 0 Å². The van der Waals surface area contributed by atoms with Crippen molar-refractivity contribution < 1.29 is 14.3 Å². The summed E-state index contributed by atoms with van der Waals surface area (Å²) in [5.41, 5.74) is 5.15. The van der Waals surface area contributed by atoms with Crippen LogP contribution in [0.3, 0.4) is 0 Å². The Morgan fingerprint density at radius 1 is 1.53 bits per heavy atom. The van der Waals surface area contributed by atoms with Crippen LogP contribution >= 0.6 is 0 Å². The van der Waals surface area contributed by atoms with Gasteiger partial charge in [-0.25, -0.2) is 4.39 Å². The number of carbonyl (C=O) groups excluding carboxylic acids is 1. The van der Waals surface area contributed by atoms with Crippen molar-refractivity contribution in [2.45, 2.75) is 25.8 Å². The first kappa shape index (κ1) is 13.4. The van der Waals surface area contributed by atoms with Crippen LogP contribution in [0.25, 0.3) is 0 Å². The molecular weight excluding hydrogens is 223 g/mol. The van der Waals surface area contributed by atoms with E-state index in [0.29, 0.717) is 12.1 Å². The normalized spacial score (nSPS) is 11.3. The molecule has 1 aromatic carbocycles. The number of aliphatic hydroxyl groups excluding tert-OH is 1. The highest BCUT2D eigenvalue weighted by Gasteiger charge is 2.22. The minimum atomic E-state index is -0.614. The number of nitrogens with one attached hydrogen (secondary N) is 1. The molecular formula is C12H17FN2O2. The SMILES string of the molecule is CC(C)(CCO)NC(=O)c1cc(N)ccc1F. The molecule has 0 heterocycles. The van der Waals surface area contributed by atoms with Crippen molar-refractivity contribution in [2.75, 3.05) is 12.3 Å². The van der Waals surface area contributed by atoms with Crippen molar-refractivity contribution in [3.8, 4) is 0 Å². The highest BCUT2D eigenvalue weighted by atomic mass is 19.1. The molecule has 1 amide bonds. The third kappa shape index (κ3) is 3.71. The number of halogens is 1. The molecule has 0 saturated heterocycles. The van der Waals surface area contributed by atoms with Crippen LogP contribution in [-0.2, 0) is 0 Å². The number of nitrogen functional groups attached to an aromatic ring is 1. The van der Waals surface area contributed by atoms with E-state index in [0.717, 1.165) is 6.07 Å². The molecule has 0 saturated carbocycles. The van der Waals surface area contributed by atoms with Gasteiger partial charge in [-0.2, -0.15) is 0 Å². The van der Waals surface area contributed by atoms with Crippen LogP contribution < -0.4 is 11.1 Å². The molecule has 4 N–H and O–H groups in total. The number of anilines is 1. The molecule has 0 radical (unpaired) electrons. The van der Waals surface area contributed by atoms with Crippen molar-refractivity contribution in [3.05, 3.63) is 29.6 Å². The van der Waals surface area contributed by atoms with Crippen molar-refractivity contribution in [1.82, 2.24) is 5.32 Å². The molecule has 0 bridgehead atoms. The molecule has 0 fully saturated rings. The molecule has 0 aromatic heterocycles. The van der Waals surface area contributed by atoms with Crippen LogP contribution in [0.15, 0.2) is 18.2 Å². The van der Waals surface area contributed by atoms with Gasteiger partial charge in [-0.1, -0.05) is 0 Å². The average Bonchev–Trinajstić information content (AvgIpc) is 2.20. The average molecular weight is 240 g/mol. The number of carbonyl (C=O) groups is 1. The van der Waals surface area contributed by atoms with Gasteiger partial charge < -0.3 is 16.2 Å². The fraction of sp³-hybridized carbons (Fsp3) is 0.417. The maximum Gasteiger partial charge on any atom is 0.254 e. The van der Waals surface area contributed by atoms with Gasteiger partial charge in [0, 0.05) is 17.8 Å². The number of nitrogens with two attached hydrogens (primary N) is 1. The summed E-state index contributed by atoms with van der Waals surface area (Å²) in [6.45, 7) is 3.46. The largest absolute Gasteiger partial charge is 0.399 e. The summed E-state index contributed by atoms with van der Waals surface area (Å²) in [4.78, 5) is 11.8. The minimum absolute atomic E-state index is 0.0489. The van der Waals surface area contributed by atoms with Crippen molar-refractivity contribution in [2.24, 2.45) is 0 Å². The number of hydrogen-bond acceptors (Lipinski definition) is 3. The van der Waals surface area contributed by atoms with Crippen molar-refractivity contribution >= 4 is 11.6 Å². The lowest BCUT2D eigenvalue weighted by molar-refractivity contribution is 0.0895. The van der Waals surface area contributed by atoms with Gasteiger partial charge in [0.15, 0.2) is 0 Å². The van der Waals surface area contributed by atoms with Crippen LogP contribution in [-0.4, -0.2) is 23.2 Å². The summed E-state index contributed by atoms with van der Waals surface area (Å²) >= 11 is 0. The van der Waals surface area contributed by atoms with Gasteiger partial charge in [0.2, 0.25) is 0 Å². The van der Waals surface area contributed by atoms with Crippen LogP contribution in [0.4, 0.5) is 10.1 Å². The highest BCUT2D eigenvalue weighted by molar-refractivity contribution is 5.95. The number of aliphatic hydroxyl groups is 1. The molecule has 0 aliphatic heterocycles. The zero-order chi connectivity index (χ0) is 13.1. The molecule has 17 heavy (non-hydrogen) atoms. The Morgan fingerprint density at radius 3 is 2.76 bits per heavy atom. The Hall–Kier alpha value is -1.62. The number of rotatable bonds is 4. The second-order valence-corrected chi connectivity index (χ2v) is 4.55. The lowest BCUT2D eigenvalue weighted by Crippen LogP contribution is -2.44. The van der Waals surface area contributed by atoms with E-state index in [4.69, 9.17) is 10.8 Å². The van der Waals surface area contributed by atoms with E-state index in [9.17, 15) is 9.18 Å². The Bertz CT molecular complexity index is 419. The van der Waals surface area contributed by atoms with E-state index in [1.807, 2.05) is 0 Å². The third-order valence-corrected chi connectivity index (χ3v) is 2.42. The zero-order valence-electron chi connectivity index (χ0n) is 9.96. The minimum Gasteiger partial charge on any atom is -0.399 e. The second kappa shape index (κ2) is 5.14. The monoisotopic (exact) mass is 240 g/mol. The molecule has 0 aliphatic carbocycles.